The lowest BCUT2D eigenvalue weighted by molar-refractivity contribution is -0.136. The second-order valence-corrected chi connectivity index (χ2v) is 8.85. The highest BCUT2D eigenvalue weighted by Crippen LogP contribution is 2.16. The number of ether oxygens (including phenoxy) is 1. The standard InChI is InChI=1S/C29H33ClN2O3/c1-2-19-31(29(34)23-35-27-15-13-26(30)14-16-27)21-18-28(33)32(22-25-11-7-4-8-12-25)20-17-24-9-5-3-6-10-24/h3-16H,2,17-23H2,1H3. The Bertz CT molecular complexity index is 1040. The zero-order valence-electron chi connectivity index (χ0n) is 20.2. The predicted octanol–water partition coefficient (Wildman–Crippen LogP) is 5.62. The number of carbonyl (C=O) groups is 2. The Hall–Kier alpha value is -3.31. The first kappa shape index (κ1) is 26.3. The molecule has 0 aromatic heterocycles. The summed E-state index contributed by atoms with van der Waals surface area (Å²) in [5, 5.41) is 0.613. The van der Waals surface area contributed by atoms with Gasteiger partial charge in [0.15, 0.2) is 6.61 Å². The Morgan fingerprint density at radius 1 is 0.743 bits per heavy atom. The number of rotatable bonds is 13. The van der Waals surface area contributed by atoms with Crippen molar-refractivity contribution in [2.24, 2.45) is 0 Å². The lowest BCUT2D eigenvalue weighted by Crippen LogP contribution is -2.40. The summed E-state index contributed by atoms with van der Waals surface area (Å²) in [4.78, 5) is 29.7. The van der Waals surface area contributed by atoms with Crippen molar-refractivity contribution in [3.8, 4) is 5.75 Å². The molecule has 0 aliphatic rings. The first-order valence-electron chi connectivity index (χ1n) is 12.1. The average Bonchev–Trinajstić information content (AvgIpc) is 2.89. The largest absolute Gasteiger partial charge is 0.484 e. The van der Waals surface area contributed by atoms with E-state index in [2.05, 4.69) is 12.1 Å². The van der Waals surface area contributed by atoms with Gasteiger partial charge in [-0.3, -0.25) is 9.59 Å². The van der Waals surface area contributed by atoms with E-state index < -0.39 is 0 Å². The van der Waals surface area contributed by atoms with Gasteiger partial charge in [0.25, 0.3) is 5.91 Å². The van der Waals surface area contributed by atoms with Crippen molar-refractivity contribution in [3.63, 3.8) is 0 Å². The van der Waals surface area contributed by atoms with Crippen molar-refractivity contribution in [1.82, 2.24) is 9.80 Å². The van der Waals surface area contributed by atoms with Gasteiger partial charge in [-0.1, -0.05) is 79.2 Å². The van der Waals surface area contributed by atoms with Crippen LogP contribution in [0, 0.1) is 0 Å². The zero-order chi connectivity index (χ0) is 24.9. The molecular weight excluding hydrogens is 460 g/mol. The van der Waals surface area contributed by atoms with Crippen LogP contribution in [-0.4, -0.2) is 47.9 Å². The van der Waals surface area contributed by atoms with Gasteiger partial charge in [-0.2, -0.15) is 0 Å². The summed E-state index contributed by atoms with van der Waals surface area (Å²) in [6.07, 6.45) is 1.86. The fourth-order valence-electron chi connectivity index (χ4n) is 3.79. The van der Waals surface area contributed by atoms with Crippen molar-refractivity contribution in [3.05, 3.63) is 101 Å². The molecule has 0 N–H and O–H groups in total. The molecule has 0 spiro atoms. The van der Waals surface area contributed by atoms with Gasteiger partial charge in [-0.05, 0) is 48.2 Å². The third-order valence-corrected chi connectivity index (χ3v) is 5.95. The minimum absolute atomic E-state index is 0.0392. The number of nitrogens with zero attached hydrogens (tertiary/aromatic N) is 2. The number of halogens is 1. The van der Waals surface area contributed by atoms with E-state index in [-0.39, 0.29) is 24.8 Å². The average molecular weight is 493 g/mol. The van der Waals surface area contributed by atoms with E-state index in [1.54, 1.807) is 29.2 Å². The number of hydrogen-bond acceptors (Lipinski definition) is 3. The Morgan fingerprint density at radius 2 is 1.37 bits per heavy atom. The van der Waals surface area contributed by atoms with Gasteiger partial charge in [0, 0.05) is 37.6 Å². The first-order valence-corrected chi connectivity index (χ1v) is 12.4. The highest BCUT2D eigenvalue weighted by Gasteiger charge is 2.19. The maximum absolute atomic E-state index is 13.3. The minimum atomic E-state index is -0.131. The topological polar surface area (TPSA) is 49.9 Å². The van der Waals surface area contributed by atoms with Crippen LogP contribution in [0.2, 0.25) is 5.02 Å². The van der Waals surface area contributed by atoms with Gasteiger partial charge < -0.3 is 14.5 Å². The quantitative estimate of drug-likeness (QED) is 0.311. The molecule has 0 unspecified atom stereocenters. The molecule has 6 heteroatoms. The van der Waals surface area contributed by atoms with E-state index in [1.807, 2.05) is 60.4 Å². The summed E-state index contributed by atoms with van der Waals surface area (Å²) >= 11 is 5.90. The fourth-order valence-corrected chi connectivity index (χ4v) is 3.92. The second-order valence-electron chi connectivity index (χ2n) is 8.41. The summed E-state index contributed by atoms with van der Waals surface area (Å²) in [5.41, 5.74) is 2.28. The Balaban J connectivity index is 1.58. The highest BCUT2D eigenvalue weighted by molar-refractivity contribution is 6.30. The summed E-state index contributed by atoms with van der Waals surface area (Å²) in [7, 11) is 0. The third-order valence-electron chi connectivity index (χ3n) is 5.70. The van der Waals surface area contributed by atoms with Crippen LogP contribution in [0.3, 0.4) is 0 Å². The Kier molecular flexibility index (Phi) is 10.6. The summed E-state index contributed by atoms with van der Waals surface area (Å²) < 4.78 is 5.63. The first-order chi connectivity index (χ1) is 17.0. The summed E-state index contributed by atoms with van der Waals surface area (Å²) in [6.45, 7) is 4.07. The van der Waals surface area contributed by atoms with Crippen LogP contribution >= 0.6 is 11.6 Å². The fraction of sp³-hybridized carbons (Fsp3) is 0.310. The van der Waals surface area contributed by atoms with Gasteiger partial charge in [-0.25, -0.2) is 0 Å². The maximum Gasteiger partial charge on any atom is 0.260 e. The van der Waals surface area contributed by atoms with Crippen molar-refractivity contribution in [1.29, 1.82) is 0 Å². The van der Waals surface area contributed by atoms with Gasteiger partial charge in [-0.15, -0.1) is 0 Å². The highest BCUT2D eigenvalue weighted by atomic mass is 35.5. The molecule has 35 heavy (non-hydrogen) atoms. The SMILES string of the molecule is CCCN(CCC(=O)N(CCc1ccccc1)Cc1ccccc1)C(=O)COc1ccc(Cl)cc1. The van der Waals surface area contributed by atoms with Crippen molar-refractivity contribution in [2.75, 3.05) is 26.2 Å². The van der Waals surface area contributed by atoms with Crippen LogP contribution in [0.5, 0.6) is 5.75 Å². The molecule has 0 aliphatic carbocycles. The second kappa shape index (κ2) is 14.2. The van der Waals surface area contributed by atoms with E-state index >= 15 is 0 Å². The van der Waals surface area contributed by atoms with Gasteiger partial charge in [0.1, 0.15) is 5.75 Å². The number of carbonyl (C=O) groups excluding carboxylic acids is 2. The van der Waals surface area contributed by atoms with E-state index in [9.17, 15) is 9.59 Å². The molecule has 184 valence electrons. The molecular formula is C29H33ClN2O3. The predicted molar refractivity (Wildman–Crippen MR) is 140 cm³/mol. The lowest BCUT2D eigenvalue weighted by Gasteiger charge is -2.26. The molecule has 3 aromatic carbocycles. The molecule has 0 fully saturated rings. The van der Waals surface area contributed by atoms with Crippen LogP contribution in [0.15, 0.2) is 84.9 Å². The Labute approximate surface area is 213 Å². The third kappa shape index (κ3) is 9.10. The number of hydrogen-bond donors (Lipinski definition) is 0. The smallest absolute Gasteiger partial charge is 0.260 e. The van der Waals surface area contributed by atoms with Gasteiger partial charge >= 0.3 is 0 Å². The van der Waals surface area contributed by atoms with E-state index in [0.717, 1.165) is 18.4 Å². The molecule has 0 saturated carbocycles. The van der Waals surface area contributed by atoms with Crippen LogP contribution < -0.4 is 4.74 Å². The minimum Gasteiger partial charge on any atom is -0.484 e. The molecule has 5 nitrogen and oxygen atoms in total. The molecule has 2 amide bonds. The maximum atomic E-state index is 13.3. The molecule has 3 rings (SSSR count). The lowest BCUT2D eigenvalue weighted by atomic mass is 10.1. The number of amides is 2. The molecule has 0 heterocycles. The monoisotopic (exact) mass is 492 g/mol. The summed E-state index contributed by atoms with van der Waals surface area (Å²) in [5.74, 6) is 0.496. The normalized spacial score (nSPS) is 10.6. The van der Waals surface area contributed by atoms with Crippen molar-refractivity contribution >= 4 is 23.4 Å². The van der Waals surface area contributed by atoms with Crippen LogP contribution in [0.1, 0.15) is 30.9 Å². The molecule has 0 bridgehead atoms. The number of benzene rings is 3. The van der Waals surface area contributed by atoms with Crippen LogP contribution in [0.4, 0.5) is 0 Å². The van der Waals surface area contributed by atoms with Crippen molar-refractivity contribution in [2.45, 2.75) is 32.7 Å². The molecule has 3 aromatic rings. The van der Waals surface area contributed by atoms with Crippen LogP contribution in [0.25, 0.3) is 0 Å². The Morgan fingerprint density at radius 3 is 2.00 bits per heavy atom. The van der Waals surface area contributed by atoms with Crippen LogP contribution in [-0.2, 0) is 22.6 Å². The summed E-state index contributed by atoms with van der Waals surface area (Å²) in [6, 6.07) is 27.1. The zero-order valence-corrected chi connectivity index (χ0v) is 21.0. The molecule has 0 radical (unpaired) electrons. The molecule has 0 saturated heterocycles. The van der Waals surface area contributed by atoms with E-state index in [4.69, 9.17) is 16.3 Å². The van der Waals surface area contributed by atoms with E-state index in [0.29, 0.717) is 37.0 Å². The van der Waals surface area contributed by atoms with Gasteiger partial charge in [0.2, 0.25) is 5.91 Å². The van der Waals surface area contributed by atoms with E-state index in [1.165, 1.54) is 5.56 Å². The molecule has 0 atom stereocenters. The van der Waals surface area contributed by atoms with Crippen molar-refractivity contribution < 1.29 is 14.3 Å². The van der Waals surface area contributed by atoms with Gasteiger partial charge in [0.05, 0.1) is 0 Å². The molecule has 0 aliphatic heterocycles.